The molecule has 3 aromatic rings. The van der Waals surface area contributed by atoms with Crippen LogP contribution < -0.4 is 5.73 Å². The third kappa shape index (κ3) is 2.30. The number of nitrogens with two attached hydrogens (primary N) is 1. The van der Waals surface area contributed by atoms with E-state index in [0.717, 1.165) is 4.47 Å². The van der Waals surface area contributed by atoms with E-state index in [0.29, 0.717) is 22.8 Å². The fourth-order valence-corrected chi connectivity index (χ4v) is 2.24. The Balaban J connectivity index is 2.12. The summed E-state index contributed by atoms with van der Waals surface area (Å²) in [6, 6.07) is 10.1. The molecule has 0 bridgehead atoms. The summed E-state index contributed by atoms with van der Waals surface area (Å²) in [6.07, 6.45) is 3.28. The normalized spacial score (nSPS) is 10.7. The Morgan fingerprint density at radius 1 is 1.20 bits per heavy atom. The lowest BCUT2D eigenvalue weighted by Crippen LogP contribution is -1.97. The third-order valence-electron chi connectivity index (χ3n) is 2.81. The molecule has 0 aliphatic carbocycles. The van der Waals surface area contributed by atoms with Gasteiger partial charge in [0.2, 0.25) is 0 Å². The maximum atomic E-state index is 13.9. The van der Waals surface area contributed by atoms with E-state index in [9.17, 15) is 4.39 Å². The van der Waals surface area contributed by atoms with E-state index in [2.05, 4.69) is 26.0 Å². The number of anilines is 1. The summed E-state index contributed by atoms with van der Waals surface area (Å²) in [4.78, 5) is 4.18. The number of benzene rings is 1. The van der Waals surface area contributed by atoms with Gasteiger partial charge in [0.25, 0.3) is 0 Å². The van der Waals surface area contributed by atoms with E-state index in [4.69, 9.17) is 5.73 Å². The van der Waals surface area contributed by atoms with Gasteiger partial charge < -0.3 is 5.73 Å². The molecule has 0 unspecified atom stereocenters. The van der Waals surface area contributed by atoms with Crippen molar-refractivity contribution in [3.63, 3.8) is 0 Å². The van der Waals surface area contributed by atoms with Crippen molar-refractivity contribution >= 4 is 21.6 Å². The lowest BCUT2D eigenvalue weighted by molar-refractivity contribution is 0.630. The van der Waals surface area contributed by atoms with E-state index in [-0.39, 0.29) is 5.82 Å². The number of aromatic nitrogens is 3. The van der Waals surface area contributed by atoms with Gasteiger partial charge in [-0.15, -0.1) is 0 Å². The average molecular weight is 333 g/mol. The fraction of sp³-hybridized carbons (Fsp3) is 0. The van der Waals surface area contributed by atoms with E-state index in [1.807, 2.05) is 12.1 Å². The van der Waals surface area contributed by atoms with Crippen LogP contribution in [0, 0.1) is 5.82 Å². The molecule has 0 aliphatic heterocycles. The molecule has 0 saturated heterocycles. The molecule has 2 aromatic heterocycles. The van der Waals surface area contributed by atoms with Crippen LogP contribution in [0.5, 0.6) is 0 Å². The third-order valence-corrected chi connectivity index (χ3v) is 3.30. The Labute approximate surface area is 123 Å². The van der Waals surface area contributed by atoms with Crippen molar-refractivity contribution in [2.45, 2.75) is 0 Å². The molecule has 0 radical (unpaired) electrons. The maximum Gasteiger partial charge on any atom is 0.153 e. The molecule has 2 N–H and O–H groups in total. The highest BCUT2D eigenvalue weighted by Gasteiger charge is 2.14. The molecule has 2 heterocycles. The summed E-state index contributed by atoms with van der Waals surface area (Å²) >= 11 is 3.32. The number of nitrogen functional groups attached to an aromatic ring is 1. The molecule has 0 amide bonds. The van der Waals surface area contributed by atoms with Crippen LogP contribution >= 0.6 is 15.9 Å². The first-order valence-corrected chi connectivity index (χ1v) is 6.66. The lowest BCUT2D eigenvalue weighted by Gasteiger charge is -2.02. The van der Waals surface area contributed by atoms with Gasteiger partial charge in [0, 0.05) is 16.2 Å². The first-order chi connectivity index (χ1) is 9.65. The van der Waals surface area contributed by atoms with Crippen molar-refractivity contribution in [1.29, 1.82) is 0 Å². The van der Waals surface area contributed by atoms with Crippen LogP contribution in [0.2, 0.25) is 0 Å². The van der Waals surface area contributed by atoms with Gasteiger partial charge in [-0.3, -0.25) is 0 Å². The summed E-state index contributed by atoms with van der Waals surface area (Å²) < 4.78 is 16.2. The molecule has 6 heteroatoms. The van der Waals surface area contributed by atoms with Crippen LogP contribution in [0.15, 0.2) is 53.3 Å². The van der Waals surface area contributed by atoms with Crippen LogP contribution in [0.1, 0.15) is 0 Å². The highest BCUT2D eigenvalue weighted by atomic mass is 79.9. The Hall–Kier alpha value is -2.21. The smallest absolute Gasteiger partial charge is 0.153 e. The van der Waals surface area contributed by atoms with Crippen molar-refractivity contribution in [3.05, 3.63) is 59.1 Å². The fourth-order valence-electron chi connectivity index (χ4n) is 1.88. The van der Waals surface area contributed by atoms with Gasteiger partial charge in [0.05, 0.1) is 11.9 Å². The number of halogens is 2. The van der Waals surface area contributed by atoms with Gasteiger partial charge >= 0.3 is 0 Å². The van der Waals surface area contributed by atoms with E-state index < -0.39 is 0 Å². The van der Waals surface area contributed by atoms with Gasteiger partial charge in [0.1, 0.15) is 11.5 Å². The lowest BCUT2D eigenvalue weighted by atomic mass is 10.1. The van der Waals surface area contributed by atoms with Crippen LogP contribution in [0.3, 0.4) is 0 Å². The second-order valence-corrected chi connectivity index (χ2v) is 5.11. The summed E-state index contributed by atoms with van der Waals surface area (Å²) in [5.41, 5.74) is 7.08. The van der Waals surface area contributed by atoms with E-state index >= 15 is 0 Å². The SMILES string of the molecule is Nc1cn(-c2ccccn2)nc1-c1cc(Br)ccc1F. The first-order valence-electron chi connectivity index (χ1n) is 5.87. The Bertz CT molecular complexity index is 755. The molecule has 0 saturated carbocycles. The highest BCUT2D eigenvalue weighted by molar-refractivity contribution is 9.10. The quantitative estimate of drug-likeness (QED) is 0.782. The highest BCUT2D eigenvalue weighted by Crippen LogP contribution is 2.29. The second-order valence-electron chi connectivity index (χ2n) is 4.19. The number of hydrogen-bond acceptors (Lipinski definition) is 3. The molecule has 0 aliphatic rings. The molecule has 3 rings (SSSR count). The van der Waals surface area contributed by atoms with Crippen LogP contribution in [-0.4, -0.2) is 14.8 Å². The number of hydrogen-bond donors (Lipinski definition) is 1. The molecule has 0 fully saturated rings. The van der Waals surface area contributed by atoms with Crippen molar-refractivity contribution < 1.29 is 4.39 Å². The zero-order chi connectivity index (χ0) is 14.1. The molecular formula is C14H10BrFN4. The molecule has 100 valence electrons. The van der Waals surface area contributed by atoms with Crippen LogP contribution in [-0.2, 0) is 0 Å². The van der Waals surface area contributed by atoms with Crippen LogP contribution in [0.4, 0.5) is 10.1 Å². The predicted molar refractivity (Wildman–Crippen MR) is 78.9 cm³/mol. The van der Waals surface area contributed by atoms with Crippen LogP contribution in [0.25, 0.3) is 17.1 Å². The maximum absolute atomic E-state index is 13.9. The zero-order valence-corrected chi connectivity index (χ0v) is 11.9. The second kappa shape index (κ2) is 5.05. The standard InChI is InChI=1S/C14H10BrFN4/c15-9-4-5-11(16)10(7-9)14-12(17)8-20(19-14)13-3-1-2-6-18-13/h1-8H,17H2. The molecule has 1 aromatic carbocycles. The van der Waals surface area contributed by atoms with Gasteiger partial charge in [0.15, 0.2) is 5.82 Å². The minimum atomic E-state index is -0.369. The molecule has 0 atom stereocenters. The molecule has 20 heavy (non-hydrogen) atoms. The van der Waals surface area contributed by atoms with Crippen molar-refractivity contribution in [2.75, 3.05) is 5.73 Å². The van der Waals surface area contributed by atoms with Gasteiger partial charge in [-0.2, -0.15) is 5.10 Å². The minimum absolute atomic E-state index is 0.353. The summed E-state index contributed by atoms with van der Waals surface area (Å²) in [6.45, 7) is 0. The first kappa shape index (κ1) is 12.8. The number of pyridine rings is 1. The number of rotatable bonds is 2. The minimum Gasteiger partial charge on any atom is -0.396 e. The molecule has 0 spiro atoms. The van der Waals surface area contributed by atoms with Crippen molar-refractivity contribution in [3.8, 4) is 17.1 Å². The molecule has 4 nitrogen and oxygen atoms in total. The number of nitrogens with zero attached hydrogens (tertiary/aromatic N) is 3. The zero-order valence-electron chi connectivity index (χ0n) is 10.3. The van der Waals surface area contributed by atoms with E-state index in [1.165, 1.54) is 10.7 Å². The van der Waals surface area contributed by atoms with Gasteiger partial charge in [-0.1, -0.05) is 22.0 Å². The predicted octanol–water partition coefficient (Wildman–Crippen LogP) is 3.42. The largest absolute Gasteiger partial charge is 0.396 e. The topological polar surface area (TPSA) is 56.7 Å². The van der Waals surface area contributed by atoms with Crippen molar-refractivity contribution in [1.82, 2.24) is 14.8 Å². The van der Waals surface area contributed by atoms with Gasteiger partial charge in [-0.25, -0.2) is 14.1 Å². The van der Waals surface area contributed by atoms with E-state index in [1.54, 1.807) is 30.6 Å². The monoisotopic (exact) mass is 332 g/mol. The van der Waals surface area contributed by atoms with Gasteiger partial charge in [-0.05, 0) is 30.3 Å². The Morgan fingerprint density at radius 2 is 2.05 bits per heavy atom. The summed E-state index contributed by atoms with van der Waals surface area (Å²) in [7, 11) is 0. The Kier molecular flexibility index (Phi) is 3.23. The summed E-state index contributed by atoms with van der Waals surface area (Å²) in [5, 5.41) is 4.32. The Morgan fingerprint density at radius 3 is 2.80 bits per heavy atom. The summed E-state index contributed by atoms with van der Waals surface area (Å²) in [5.74, 6) is 0.257. The molecular weight excluding hydrogens is 323 g/mol. The van der Waals surface area contributed by atoms with Crippen molar-refractivity contribution in [2.24, 2.45) is 0 Å². The average Bonchev–Trinajstić information content (AvgIpc) is 2.84.